The number of hydrogen-bond acceptors (Lipinski definition) is 7. The van der Waals surface area contributed by atoms with Crippen molar-refractivity contribution in [2.24, 2.45) is 5.73 Å². The molecule has 0 saturated carbocycles. The van der Waals surface area contributed by atoms with Crippen LogP contribution in [0.3, 0.4) is 0 Å². The Morgan fingerprint density at radius 1 is 1.07 bits per heavy atom. The van der Waals surface area contributed by atoms with Crippen molar-refractivity contribution < 1.29 is 34.4 Å². The van der Waals surface area contributed by atoms with Crippen LogP contribution in [-0.4, -0.2) is 46.5 Å². The minimum Gasteiger partial charge on any atom is -0.504 e. The molecule has 0 heterocycles. The zero-order valence-electron chi connectivity index (χ0n) is 15.5. The van der Waals surface area contributed by atoms with Crippen molar-refractivity contribution >= 4 is 11.9 Å². The van der Waals surface area contributed by atoms with Crippen molar-refractivity contribution in [1.29, 1.82) is 0 Å². The molecule has 2 aromatic carbocycles. The highest BCUT2D eigenvalue weighted by atomic mass is 16.5. The summed E-state index contributed by atoms with van der Waals surface area (Å²) in [6, 6.07) is 9.07. The Labute approximate surface area is 162 Å². The van der Waals surface area contributed by atoms with Gasteiger partial charge in [0.05, 0.1) is 12.7 Å². The number of carboxylic acids is 1. The van der Waals surface area contributed by atoms with E-state index in [1.54, 1.807) is 31.2 Å². The number of aromatic hydroxyl groups is 2. The van der Waals surface area contributed by atoms with Gasteiger partial charge < -0.3 is 30.5 Å². The van der Waals surface area contributed by atoms with Gasteiger partial charge in [-0.2, -0.15) is 0 Å². The lowest BCUT2D eigenvalue weighted by Gasteiger charge is -2.25. The molecule has 3 atom stereocenters. The van der Waals surface area contributed by atoms with Crippen LogP contribution in [-0.2, 0) is 9.53 Å². The van der Waals surface area contributed by atoms with Crippen LogP contribution >= 0.6 is 0 Å². The lowest BCUT2D eigenvalue weighted by molar-refractivity contribution is -0.139. The summed E-state index contributed by atoms with van der Waals surface area (Å²) in [5, 5.41) is 28.5. The fourth-order valence-corrected chi connectivity index (χ4v) is 2.82. The molecule has 0 aliphatic heterocycles. The number of carbonyl (C=O) groups excluding carboxylic acids is 1. The minimum absolute atomic E-state index is 0.111. The molecule has 2 unspecified atom stereocenters. The van der Waals surface area contributed by atoms with Crippen molar-refractivity contribution in [3.05, 3.63) is 53.6 Å². The summed E-state index contributed by atoms with van der Waals surface area (Å²) in [7, 11) is 1.52. The fraction of sp³-hybridized carbons (Fsp3) is 0.300. The summed E-state index contributed by atoms with van der Waals surface area (Å²) in [6.07, 6.45) is -0.541. The summed E-state index contributed by atoms with van der Waals surface area (Å²) in [4.78, 5) is 23.7. The average Bonchev–Trinajstić information content (AvgIpc) is 2.67. The lowest BCUT2D eigenvalue weighted by atomic mass is 9.87. The van der Waals surface area contributed by atoms with E-state index in [4.69, 9.17) is 15.2 Å². The summed E-state index contributed by atoms with van der Waals surface area (Å²) < 4.78 is 10.4. The molecule has 0 saturated heterocycles. The molecule has 8 heteroatoms. The number of ether oxygens (including phenoxy) is 2. The maximum Gasteiger partial charge on any atom is 0.338 e. The van der Waals surface area contributed by atoms with Crippen LogP contribution in [0.2, 0.25) is 0 Å². The summed E-state index contributed by atoms with van der Waals surface area (Å²) >= 11 is 0. The van der Waals surface area contributed by atoms with Crippen molar-refractivity contribution in [2.75, 3.05) is 7.11 Å². The van der Waals surface area contributed by atoms with Crippen LogP contribution in [0.5, 0.6) is 17.2 Å². The number of carboxylic acid groups (broad SMARTS) is 1. The van der Waals surface area contributed by atoms with E-state index in [-0.39, 0.29) is 17.9 Å². The highest BCUT2D eigenvalue weighted by Gasteiger charge is 2.29. The molecule has 0 aliphatic carbocycles. The molecule has 0 aliphatic rings. The first kappa shape index (κ1) is 21.0. The molecular formula is C20H23NO7. The Morgan fingerprint density at radius 2 is 1.71 bits per heavy atom. The van der Waals surface area contributed by atoms with Crippen molar-refractivity contribution in [3.63, 3.8) is 0 Å². The van der Waals surface area contributed by atoms with Crippen molar-refractivity contribution in [2.45, 2.75) is 31.4 Å². The second-order valence-corrected chi connectivity index (χ2v) is 6.40. The molecule has 0 bridgehead atoms. The number of rotatable bonds is 8. The van der Waals surface area contributed by atoms with Gasteiger partial charge in [0.2, 0.25) is 0 Å². The quantitative estimate of drug-likeness (QED) is 0.398. The number of nitrogens with two attached hydrogens (primary N) is 1. The normalized spacial score (nSPS) is 14.0. The van der Waals surface area contributed by atoms with Crippen LogP contribution < -0.4 is 10.5 Å². The Kier molecular flexibility index (Phi) is 6.84. The zero-order chi connectivity index (χ0) is 20.8. The molecule has 2 aromatic rings. The third-order valence-corrected chi connectivity index (χ3v) is 4.37. The molecule has 28 heavy (non-hydrogen) atoms. The van der Waals surface area contributed by atoms with E-state index in [1.165, 1.54) is 25.3 Å². The molecule has 8 nitrogen and oxygen atoms in total. The van der Waals surface area contributed by atoms with Crippen molar-refractivity contribution in [1.82, 2.24) is 0 Å². The Bertz CT molecular complexity index is 835. The third-order valence-electron chi connectivity index (χ3n) is 4.37. The van der Waals surface area contributed by atoms with Gasteiger partial charge in [-0.15, -0.1) is 0 Å². The SMILES string of the molecule is COc1ccc(C(=O)OC(C)CC(c2ccc(O)c(O)c2)[C@@H](N)C(=O)O)cc1. The smallest absolute Gasteiger partial charge is 0.338 e. The van der Waals surface area contributed by atoms with Crippen LogP contribution in [0.15, 0.2) is 42.5 Å². The van der Waals surface area contributed by atoms with Gasteiger partial charge in [0.25, 0.3) is 0 Å². The highest BCUT2D eigenvalue weighted by Crippen LogP contribution is 2.32. The van der Waals surface area contributed by atoms with Crippen LogP contribution in [0.4, 0.5) is 0 Å². The molecule has 0 amide bonds. The number of esters is 1. The Morgan fingerprint density at radius 3 is 2.25 bits per heavy atom. The molecule has 0 spiro atoms. The fourth-order valence-electron chi connectivity index (χ4n) is 2.82. The monoisotopic (exact) mass is 389 g/mol. The zero-order valence-corrected chi connectivity index (χ0v) is 15.5. The van der Waals surface area contributed by atoms with Gasteiger partial charge in [0, 0.05) is 5.92 Å². The second kappa shape index (κ2) is 9.09. The number of phenolic OH excluding ortho intramolecular Hbond substituents is 2. The largest absolute Gasteiger partial charge is 0.504 e. The maximum absolute atomic E-state index is 12.3. The van der Waals surface area contributed by atoms with Crippen LogP contribution in [0, 0.1) is 0 Å². The molecule has 2 rings (SSSR count). The minimum atomic E-state index is -1.29. The van der Waals surface area contributed by atoms with Gasteiger partial charge in [0.15, 0.2) is 11.5 Å². The summed E-state index contributed by atoms with van der Waals surface area (Å²) in [6.45, 7) is 1.63. The van der Waals surface area contributed by atoms with Gasteiger partial charge in [-0.05, 0) is 55.3 Å². The van der Waals surface area contributed by atoms with E-state index in [2.05, 4.69) is 0 Å². The number of benzene rings is 2. The maximum atomic E-state index is 12.3. The number of methoxy groups -OCH3 is 1. The molecule has 0 radical (unpaired) electrons. The van der Waals surface area contributed by atoms with E-state index < -0.39 is 30.0 Å². The standard InChI is InChI=1S/C20H23NO7/c1-11(28-20(26)12-3-6-14(27-2)7-4-12)9-15(18(21)19(24)25)13-5-8-16(22)17(23)10-13/h3-8,10-11,15,18,22-23H,9,21H2,1-2H3,(H,24,25)/t11?,15?,18-/m1/s1. The number of phenols is 2. The third kappa shape index (κ3) is 5.14. The Balaban J connectivity index is 2.14. The van der Waals surface area contributed by atoms with Gasteiger partial charge in [0.1, 0.15) is 17.9 Å². The lowest BCUT2D eigenvalue weighted by Crippen LogP contribution is -2.38. The van der Waals surface area contributed by atoms with Gasteiger partial charge in [-0.25, -0.2) is 4.79 Å². The molecule has 0 aromatic heterocycles. The first-order valence-corrected chi connectivity index (χ1v) is 8.58. The number of hydrogen-bond donors (Lipinski definition) is 4. The molecule has 150 valence electrons. The summed E-state index contributed by atoms with van der Waals surface area (Å²) in [5.74, 6) is -2.65. The van der Waals surface area contributed by atoms with Crippen LogP contribution in [0.25, 0.3) is 0 Å². The van der Waals surface area contributed by atoms with E-state index >= 15 is 0 Å². The predicted molar refractivity (Wildman–Crippen MR) is 101 cm³/mol. The Hall–Kier alpha value is -3.26. The first-order chi connectivity index (χ1) is 13.2. The second-order valence-electron chi connectivity index (χ2n) is 6.40. The number of aliphatic carboxylic acids is 1. The molecular weight excluding hydrogens is 366 g/mol. The van der Waals surface area contributed by atoms with Gasteiger partial charge in [-0.1, -0.05) is 6.07 Å². The average molecular weight is 389 g/mol. The van der Waals surface area contributed by atoms with Gasteiger partial charge >= 0.3 is 11.9 Å². The topological polar surface area (TPSA) is 139 Å². The van der Waals surface area contributed by atoms with E-state index in [9.17, 15) is 24.9 Å². The van der Waals surface area contributed by atoms with E-state index in [1.807, 2.05) is 0 Å². The molecule has 0 fully saturated rings. The molecule has 5 N–H and O–H groups in total. The number of carbonyl (C=O) groups is 2. The highest BCUT2D eigenvalue weighted by molar-refractivity contribution is 5.89. The van der Waals surface area contributed by atoms with Crippen LogP contribution in [0.1, 0.15) is 35.2 Å². The predicted octanol–water partition coefficient (Wildman–Crippen LogP) is 2.24. The van der Waals surface area contributed by atoms with E-state index in [0.29, 0.717) is 16.9 Å². The van der Waals surface area contributed by atoms with Gasteiger partial charge in [-0.3, -0.25) is 4.79 Å². The first-order valence-electron chi connectivity index (χ1n) is 8.58. The van der Waals surface area contributed by atoms with E-state index in [0.717, 1.165) is 0 Å². The van der Waals surface area contributed by atoms with Crippen molar-refractivity contribution in [3.8, 4) is 17.2 Å². The summed E-state index contributed by atoms with van der Waals surface area (Å²) in [5.41, 5.74) is 6.55.